The molecule has 1 heterocycles. The van der Waals surface area contributed by atoms with Gasteiger partial charge in [0.15, 0.2) is 0 Å². The molecule has 1 unspecified atom stereocenters. The van der Waals surface area contributed by atoms with E-state index in [1.165, 1.54) is 6.20 Å². The Kier molecular flexibility index (Phi) is 4.35. The molecule has 1 N–H and O–H groups in total. The van der Waals surface area contributed by atoms with Crippen LogP contribution in [0.5, 0.6) is 5.88 Å². The molecule has 1 aromatic rings. The third-order valence-electron chi connectivity index (χ3n) is 1.78. The average Bonchev–Trinajstić information content (AvgIpc) is 2.21. The lowest BCUT2D eigenvalue weighted by atomic mass is 10.3. The maximum absolute atomic E-state index is 8.75. The second-order valence-electron chi connectivity index (χ2n) is 3.08. The monoisotopic (exact) mass is 225 g/mol. The van der Waals surface area contributed by atoms with E-state index in [9.17, 15) is 0 Å². The van der Waals surface area contributed by atoms with Crippen LogP contribution < -0.4 is 10.1 Å². The fraction of sp³-hybridized carbons (Fsp3) is 0.400. The molecule has 0 saturated carbocycles. The molecule has 15 heavy (non-hydrogen) atoms. The first kappa shape index (κ1) is 11.8. The van der Waals surface area contributed by atoms with Crippen LogP contribution >= 0.6 is 11.6 Å². The number of nitrogens with zero attached hydrogens (tertiary/aromatic N) is 2. The highest BCUT2D eigenvalue weighted by Gasteiger charge is 2.11. The van der Waals surface area contributed by atoms with Gasteiger partial charge in [0.1, 0.15) is 17.2 Å². The zero-order chi connectivity index (χ0) is 11.3. The van der Waals surface area contributed by atoms with Crippen LogP contribution in [0.3, 0.4) is 0 Å². The number of nitriles is 1. The van der Waals surface area contributed by atoms with E-state index in [1.807, 2.05) is 20.0 Å². The SMILES string of the molecule is CNCC(C)Oc1nccc(C#N)c1Cl. The van der Waals surface area contributed by atoms with E-state index in [4.69, 9.17) is 21.6 Å². The quantitative estimate of drug-likeness (QED) is 0.846. The number of ether oxygens (including phenoxy) is 1. The van der Waals surface area contributed by atoms with E-state index in [1.54, 1.807) is 6.07 Å². The van der Waals surface area contributed by atoms with Crippen LogP contribution in [0.25, 0.3) is 0 Å². The zero-order valence-corrected chi connectivity index (χ0v) is 9.38. The van der Waals surface area contributed by atoms with Gasteiger partial charge in [-0.3, -0.25) is 0 Å². The molecule has 4 nitrogen and oxygen atoms in total. The molecule has 1 rings (SSSR count). The molecule has 0 spiro atoms. The Balaban J connectivity index is 2.82. The number of nitrogens with one attached hydrogen (secondary N) is 1. The topological polar surface area (TPSA) is 57.9 Å². The first-order valence-electron chi connectivity index (χ1n) is 4.55. The van der Waals surface area contributed by atoms with Crippen molar-refractivity contribution in [1.29, 1.82) is 5.26 Å². The number of hydrogen-bond acceptors (Lipinski definition) is 4. The van der Waals surface area contributed by atoms with Crippen LogP contribution in [-0.4, -0.2) is 24.7 Å². The molecule has 0 fully saturated rings. The number of pyridine rings is 1. The summed E-state index contributed by atoms with van der Waals surface area (Å²) in [7, 11) is 1.83. The first-order valence-corrected chi connectivity index (χ1v) is 4.92. The van der Waals surface area contributed by atoms with Crippen molar-refractivity contribution in [3.63, 3.8) is 0 Å². The van der Waals surface area contributed by atoms with Crippen molar-refractivity contribution in [2.75, 3.05) is 13.6 Å². The maximum atomic E-state index is 8.75. The van der Waals surface area contributed by atoms with Crippen molar-refractivity contribution in [3.05, 3.63) is 22.8 Å². The Bertz CT molecular complexity index is 375. The third-order valence-corrected chi connectivity index (χ3v) is 2.15. The molecule has 0 aromatic carbocycles. The van der Waals surface area contributed by atoms with E-state index in [-0.39, 0.29) is 11.1 Å². The van der Waals surface area contributed by atoms with Gasteiger partial charge in [0, 0.05) is 12.7 Å². The van der Waals surface area contributed by atoms with Crippen LogP contribution in [0.4, 0.5) is 0 Å². The molecule has 0 bridgehead atoms. The predicted octanol–water partition coefficient (Wildman–Crippen LogP) is 1.59. The number of likely N-dealkylation sites (N-methyl/N-ethyl adjacent to an activating group) is 1. The van der Waals surface area contributed by atoms with Crippen molar-refractivity contribution >= 4 is 11.6 Å². The Morgan fingerprint density at radius 1 is 1.73 bits per heavy atom. The first-order chi connectivity index (χ1) is 7.19. The summed E-state index contributed by atoms with van der Waals surface area (Å²) >= 11 is 5.92. The molecular formula is C10H12ClN3O. The van der Waals surface area contributed by atoms with E-state index >= 15 is 0 Å². The molecule has 1 atom stereocenters. The number of halogens is 1. The van der Waals surface area contributed by atoms with E-state index in [0.29, 0.717) is 18.0 Å². The molecule has 0 aliphatic rings. The predicted molar refractivity (Wildman–Crippen MR) is 58.0 cm³/mol. The van der Waals surface area contributed by atoms with Gasteiger partial charge in [0.05, 0.1) is 5.56 Å². The van der Waals surface area contributed by atoms with Gasteiger partial charge in [0.25, 0.3) is 0 Å². The molecule has 80 valence electrons. The molecule has 1 aromatic heterocycles. The number of aromatic nitrogens is 1. The number of hydrogen-bond donors (Lipinski definition) is 1. The molecule has 0 aliphatic heterocycles. The van der Waals surface area contributed by atoms with E-state index in [0.717, 1.165) is 0 Å². The van der Waals surface area contributed by atoms with Crippen molar-refractivity contribution < 1.29 is 4.74 Å². The Labute approximate surface area is 93.8 Å². The van der Waals surface area contributed by atoms with Gasteiger partial charge < -0.3 is 10.1 Å². The molecule has 5 heteroatoms. The normalized spacial score (nSPS) is 11.9. The molecule has 0 amide bonds. The van der Waals surface area contributed by atoms with Gasteiger partial charge in [-0.2, -0.15) is 5.26 Å². The lowest BCUT2D eigenvalue weighted by Crippen LogP contribution is -2.26. The smallest absolute Gasteiger partial charge is 0.234 e. The Hall–Kier alpha value is -1.31. The zero-order valence-electron chi connectivity index (χ0n) is 8.62. The largest absolute Gasteiger partial charge is 0.472 e. The molecular weight excluding hydrogens is 214 g/mol. The second-order valence-corrected chi connectivity index (χ2v) is 3.45. The van der Waals surface area contributed by atoms with Crippen LogP contribution in [-0.2, 0) is 0 Å². The summed E-state index contributed by atoms with van der Waals surface area (Å²) < 4.78 is 5.47. The minimum absolute atomic E-state index is 0.0473. The third kappa shape index (κ3) is 3.08. The van der Waals surface area contributed by atoms with Crippen LogP contribution in [0, 0.1) is 11.3 Å². The van der Waals surface area contributed by atoms with Gasteiger partial charge >= 0.3 is 0 Å². The van der Waals surface area contributed by atoms with Crippen molar-refractivity contribution in [2.24, 2.45) is 0 Å². The summed E-state index contributed by atoms with van der Waals surface area (Å²) in [5.74, 6) is 0.304. The van der Waals surface area contributed by atoms with Gasteiger partial charge in [0.2, 0.25) is 5.88 Å². The second kappa shape index (κ2) is 5.54. The van der Waals surface area contributed by atoms with Crippen LogP contribution in [0.1, 0.15) is 12.5 Å². The molecule has 0 aliphatic carbocycles. The fourth-order valence-electron chi connectivity index (χ4n) is 1.11. The van der Waals surface area contributed by atoms with Gasteiger partial charge in [-0.1, -0.05) is 11.6 Å². The fourth-order valence-corrected chi connectivity index (χ4v) is 1.31. The van der Waals surface area contributed by atoms with E-state index in [2.05, 4.69) is 10.3 Å². The van der Waals surface area contributed by atoms with Gasteiger partial charge in [-0.05, 0) is 20.0 Å². The standard InChI is InChI=1S/C10H12ClN3O/c1-7(6-13-2)15-10-9(11)8(5-12)3-4-14-10/h3-4,7,13H,6H2,1-2H3. The van der Waals surface area contributed by atoms with Crippen LogP contribution in [0.15, 0.2) is 12.3 Å². The number of rotatable bonds is 4. The van der Waals surface area contributed by atoms with Crippen LogP contribution in [0.2, 0.25) is 5.02 Å². The maximum Gasteiger partial charge on any atom is 0.234 e. The minimum atomic E-state index is -0.0473. The lowest BCUT2D eigenvalue weighted by molar-refractivity contribution is 0.212. The Morgan fingerprint density at radius 2 is 2.47 bits per heavy atom. The van der Waals surface area contributed by atoms with Gasteiger partial charge in [-0.25, -0.2) is 4.98 Å². The lowest BCUT2D eigenvalue weighted by Gasteiger charge is -2.14. The highest BCUT2D eigenvalue weighted by molar-refractivity contribution is 6.32. The average molecular weight is 226 g/mol. The molecule has 0 radical (unpaired) electrons. The molecule has 0 saturated heterocycles. The minimum Gasteiger partial charge on any atom is -0.472 e. The summed E-state index contributed by atoms with van der Waals surface area (Å²) in [6.45, 7) is 2.59. The summed E-state index contributed by atoms with van der Waals surface area (Å²) in [6, 6.07) is 3.53. The summed E-state index contributed by atoms with van der Waals surface area (Å²) in [5.41, 5.74) is 0.373. The summed E-state index contributed by atoms with van der Waals surface area (Å²) in [6.07, 6.45) is 1.46. The van der Waals surface area contributed by atoms with E-state index < -0.39 is 0 Å². The highest BCUT2D eigenvalue weighted by atomic mass is 35.5. The van der Waals surface area contributed by atoms with Crippen molar-refractivity contribution in [1.82, 2.24) is 10.3 Å². The van der Waals surface area contributed by atoms with Gasteiger partial charge in [-0.15, -0.1) is 0 Å². The summed E-state index contributed by atoms with van der Waals surface area (Å²) in [4.78, 5) is 3.98. The summed E-state index contributed by atoms with van der Waals surface area (Å²) in [5, 5.41) is 12.0. The highest BCUT2D eigenvalue weighted by Crippen LogP contribution is 2.25. The van der Waals surface area contributed by atoms with Crippen molar-refractivity contribution in [2.45, 2.75) is 13.0 Å². The van der Waals surface area contributed by atoms with Crippen molar-refractivity contribution in [3.8, 4) is 11.9 Å². The Morgan fingerprint density at radius 3 is 3.07 bits per heavy atom.